The van der Waals surface area contributed by atoms with Crippen molar-refractivity contribution in [3.63, 3.8) is 0 Å². The monoisotopic (exact) mass is 276 g/mol. The van der Waals surface area contributed by atoms with E-state index in [4.69, 9.17) is 0 Å². The van der Waals surface area contributed by atoms with Crippen LogP contribution in [0.25, 0.3) is 0 Å². The molecular weight excluding hydrogens is 260 g/mol. The summed E-state index contributed by atoms with van der Waals surface area (Å²) in [4.78, 5) is 34.0. The van der Waals surface area contributed by atoms with Crippen LogP contribution >= 0.6 is 0 Å². The number of carboxylic acids is 1. The summed E-state index contributed by atoms with van der Waals surface area (Å²) in [6.07, 6.45) is 0.832. The molecule has 6 nitrogen and oxygen atoms in total. The third-order valence-corrected chi connectivity index (χ3v) is 3.22. The summed E-state index contributed by atoms with van der Waals surface area (Å²) in [6.45, 7) is 0. The molecule has 2 rings (SSSR count). The Morgan fingerprint density at radius 3 is 2.65 bits per heavy atom. The maximum Gasteiger partial charge on any atom is 0.321 e. The molecule has 1 heterocycles. The number of imide groups is 1. The molecule has 0 saturated carbocycles. The van der Waals surface area contributed by atoms with Crippen molar-refractivity contribution in [3.8, 4) is 0 Å². The van der Waals surface area contributed by atoms with E-state index in [2.05, 4.69) is 10.6 Å². The number of rotatable bonds is 5. The standard InChI is InChI=1S/C14H16N2O4/c17-12-7-6-10(13(18)16-12)15-11(14(19)20)8-9-4-2-1-3-5-9/h1-5,10-11,15H,6-8H2,(H,19,20)(H,16,17,18)/t10-,11-/m0/s1. The van der Waals surface area contributed by atoms with E-state index in [1.165, 1.54) is 0 Å². The summed E-state index contributed by atoms with van der Waals surface area (Å²) in [5, 5.41) is 14.3. The van der Waals surface area contributed by atoms with Crippen molar-refractivity contribution in [3.05, 3.63) is 35.9 Å². The average molecular weight is 276 g/mol. The Kier molecular flexibility index (Phi) is 4.47. The minimum absolute atomic E-state index is 0.223. The van der Waals surface area contributed by atoms with Crippen LogP contribution in [0.4, 0.5) is 0 Å². The minimum atomic E-state index is -1.02. The molecule has 0 unspecified atom stereocenters. The summed E-state index contributed by atoms with van der Waals surface area (Å²) in [5.74, 6) is -1.79. The number of carbonyl (C=O) groups excluding carboxylic acids is 2. The number of benzene rings is 1. The second-order valence-electron chi connectivity index (χ2n) is 4.75. The molecule has 2 amide bonds. The molecule has 1 aromatic rings. The Labute approximate surface area is 116 Å². The molecule has 3 N–H and O–H groups in total. The van der Waals surface area contributed by atoms with Crippen molar-refractivity contribution in [2.75, 3.05) is 0 Å². The zero-order chi connectivity index (χ0) is 14.5. The highest BCUT2D eigenvalue weighted by Crippen LogP contribution is 2.09. The molecule has 1 saturated heterocycles. The van der Waals surface area contributed by atoms with Crippen molar-refractivity contribution in [1.29, 1.82) is 0 Å². The van der Waals surface area contributed by atoms with Gasteiger partial charge in [-0.05, 0) is 18.4 Å². The first-order chi connectivity index (χ1) is 9.56. The van der Waals surface area contributed by atoms with Gasteiger partial charge in [-0.2, -0.15) is 0 Å². The van der Waals surface area contributed by atoms with E-state index in [9.17, 15) is 19.5 Å². The Bertz CT molecular complexity index is 515. The predicted octanol–water partition coefficient (Wildman–Crippen LogP) is 0.0771. The fraction of sp³-hybridized carbons (Fsp3) is 0.357. The molecule has 106 valence electrons. The molecule has 6 heteroatoms. The fourth-order valence-corrected chi connectivity index (χ4v) is 2.16. The van der Waals surface area contributed by atoms with Crippen molar-refractivity contribution in [2.45, 2.75) is 31.3 Å². The highest BCUT2D eigenvalue weighted by atomic mass is 16.4. The van der Waals surface area contributed by atoms with Crippen LogP contribution in [0, 0.1) is 0 Å². The van der Waals surface area contributed by atoms with Crippen LogP contribution in [0.5, 0.6) is 0 Å². The van der Waals surface area contributed by atoms with Gasteiger partial charge >= 0.3 is 5.97 Å². The lowest BCUT2D eigenvalue weighted by Gasteiger charge is -2.25. The van der Waals surface area contributed by atoms with Crippen LogP contribution in [0.3, 0.4) is 0 Å². The van der Waals surface area contributed by atoms with E-state index >= 15 is 0 Å². The third kappa shape index (κ3) is 3.64. The maximum absolute atomic E-state index is 11.6. The van der Waals surface area contributed by atoms with E-state index in [1.807, 2.05) is 30.3 Å². The predicted molar refractivity (Wildman–Crippen MR) is 70.9 cm³/mol. The number of nitrogens with one attached hydrogen (secondary N) is 2. The number of carboxylic acid groups (broad SMARTS) is 1. The minimum Gasteiger partial charge on any atom is -0.480 e. The van der Waals surface area contributed by atoms with Gasteiger partial charge in [0.25, 0.3) is 0 Å². The van der Waals surface area contributed by atoms with Crippen LogP contribution in [0.1, 0.15) is 18.4 Å². The van der Waals surface area contributed by atoms with E-state index < -0.39 is 24.0 Å². The first-order valence-corrected chi connectivity index (χ1v) is 6.42. The van der Waals surface area contributed by atoms with Gasteiger partial charge in [-0.25, -0.2) is 0 Å². The zero-order valence-corrected chi connectivity index (χ0v) is 10.8. The zero-order valence-electron chi connectivity index (χ0n) is 10.8. The maximum atomic E-state index is 11.6. The first kappa shape index (κ1) is 14.2. The van der Waals surface area contributed by atoms with Gasteiger partial charge in [-0.3, -0.25) is 25.0 Å². The van der Waals surface area contributed by atoms with Crippen molar-refractivity contribution in [2.24, 2.45) is 0 Å². The van der Waals surface area contributed by atoms with Gasteiger partial charge in [0.2, 0.25) is 11.8 Å². The topological polar surface area (TPSA) is 95.5 Å². The lowest BCUT2D eigenvalue weighted by Crippen LogP contribution is -2.55. The normalized spacial score (nSPS) is 20.3. The summed E-state index contributed by atoms with van der Waals surface area (Å²) in [6, 6.07) is 7.69. The molecule has 1 aliphatic rings. The highest BCUT2D eigenvalue weighted by Gasteiger charge is 2.30. The molecular formula is C14H16N2O4. The number of hydrogen-bond acceptors (Lipinski definition) is 4. The van der Waals surface area contributed by atoms with Gasteiger partial charge in [0, 0.05) is 6.42 Å². The largest absolute Gasteiger partial charge is 0.480 e. The van der Waals surface area contributed by atoms with Gasteiger partial charge in [0.1, 0.15) is 6.04 Å². The lowest BCUT2D eigenvalue weighted by molar-refractivity contribution is -0.140. The van der Waals surface area contributed by atoms with Crippen LogP contribution in [-0.4, -0.2) is 35.0 Å². The molecule has 0 radical (unpaired) electrons. The SMILES string of the molecule is O=C1CC[C@H](N[C@@H](Cc2ccccc2)C(=O)O)C(=O)N1. The van der Waals surface area contributed by atoms with E-state index in [0.717, 1.165) is 5.56 Å². The van der Waals surface area contributed by atoms with Gasteiger partial charge in [0.15, 0.2) is 0 Å². The summed E-state index contributed by atoms with van der Waals surface area (Å²) < 4.78 is 0. The molecule has 1 fully saturated rings. The first-order valence-electron chi connectivity index (χ1n) is 6.42. The fourth-order valence-electron chi connectivity index (χ4n) is 2.16. The van der Waals surface area contributed by atoms with E-state index in [-0.39, 0.29) is 18.7 Å². The number of aliphatic carboxylic acids is 1. The molecule has 0 aliphatic carbocycles. The molecule has 20 heavy (non-hydrogen) atoms. The average Bonchev–Trinajstić information content (AvgIpc) is 2.42. The molecule has 0 spiro atoms. The van der Waals surface area contributed by atoms with Crippen molar-refractivity contribution in [1.82, 2.24) is 10.6 Å². The van der Waals surface area contributed by atoms with Crippen molar-refractivity contribution < 1.29 is 19.5 Å². The highest BCUT2D eigenvalue weighted by molar-refractivity contribution is 6.00. The van der Waals surface area contributed by atoms with E-state index in [0.29, 0.717) is 6.42 Å². The third-order valence-electron chi connectivity index (χ3n) is 3.22. The summed E-state index contributed by atoms with van der Waals surface area (Å²) in [7, 11) is 0. The smallest absolute Gasteiger partial charge is 0.321 e. The number of hydrogen-bond donors (Lipinski definition) is 3. The molecule has 2 atom stereocenters. The second-order valence-corrected chi connectivity index (χ2v) is 4.75. The van der Waals surface area contributed by atoms with Gasteiger partial charge in [-0.15, -0.1) is 0 Å². The lowest BCUT2D eigenvalue weighted by atomic mass is 10.0. The van der Waals surface area contributed by atoms with Crippen LogP contribution in [0.15, 0.2) is 30.3 Å². The number of carbonyl (C=O) groups is 3. The molecule has 1 aromatic carbocycles. The number of piperidine rings is 1. The molecule has 0 aromatic heterocycles. The Morgan fingerprint density at radius 2 is 2.05 bits per heavy atom. The van der Waals surface area contributed by atoms with Crippen LogP contribution in [-0.2, 0) is 20.8 Å². The summed E-state index contributed by atoms with van der Waals surface area (Å²) in [5.41, 5.74) is 0.875. The van der Waals surface area contributed by atoms with E-state index in [1.54, 1.807) is 0 Å². The van der Waals surface area contributed by atoms with Gasteiger partial charge in [0.05, 0.1) is 6.04 Å². The Morgan fingerprint density at radius 1 is 1.35 bits per heavy atom. The second kappa shape index (κ2) is 6.29. The number of amides is 2. The van der Waals surface area contributed by atoms with Crippen molar-refractivity contribution >= 4 is 17.8 Å². The Hall–Kier alpha value is -2.21. The van der Waals surface area contributed by atoms with Gasteiger partial charge < -0.3 is 5.11 Å². The molecule has 1 aliphatic heterocycles. The Balaban J connectivity index is 2.01. The molecule has 0 bridgehead atoms. The summed E-state index contributed by atoms with van der Waals surface area (Å²) >= 11 is 0. The van der Waals surface area contributed by atoms with Crippen LogP contribution in [0.2, 0.25) is 0 Å². The quantitative estimate of drug-likeness (QED) is 0.662. The van der Waals surface area contributed by atoms with Crippen LogP contribution < -0.4 is 10.6 Å². The van der Waals surface area contributed by atoms with Gasteiger partial charge in [-0.1, -0.05) is 30.3 Å².